The standard InChI is InChI=1S/C18H28N6O5S/c1-12(2)16-14(10-24(21-16)13(3)4)19-18-20-15(11-29-18)17(25)22-30(26,27)23-6-5-8-28-9-7-23/h10-13H,5-9H2,1-4H3,(H,19,20)(H,22,25). The van der Waals surface area contributed by atoms with Crippen molar-refractivity contribution < 1.29 is 22.4 Å². The van der Waals surface area contributed by atoms with E-state index in [1.807, 2.05) is 43.3 Å². The number of hydrogen-bond donors (Lipinski definition) is 2. The van der Waals surface area contributed by atoms with Gasteiger partial charge >= 0.3 is 10.2 Å². The summed E-state index contributed by atoms with van der Waals surface area (Å²) in [6, 6.07) is 0.254. The molecule has 0 bridgehead atoms. The molecule has 0 spiro atoms. The van der Waals surface area contributed by atoms with Gasteiger partial charge in [0.05, 0.1) is 18.0 Å². The molecule has 0 atom stereocenters. The average Bonchev–Trinajstić information content (AvgIpc) is 3.21. The summed E-state index contributed by atoms with van der Waals surface area (Å²) in [7, 11) is -3.99. The number of nitrogens with zero attached hydrogens (tertiary/aromatic N) is 4. The van der Waals surface area contributed by atoms with E-state index in [1.54, 1.807) is 0 Å². The molecule has 2 N–H and O–H groups in total. The highest BCUT2D eigenvalue weighted by atomic mass is 32.2. The number of carbonyl (C=O) groups excluding carboxylic acids is 1. The summed E-state index contributed by atoms with van der Waals surface area (Å²) >= 11 is 0. The molecule has 1 fully saturated rings. The largest absolute Gasteiger partial charge is 0.431 e. The van der Waals surface area contributed by atoms with Gasteiger partial charge in [0.25, 0.3) is 11.9 Å². The van der Waals surface area contributed by atoms with Gasteiger partial charge in [-0.1, -0.05) is 13.8 Å². The monoisotopic (exact) mass is 440 g/mol. The third-order valence-corrected chi connectivity index (χ3v) is 6.05. The van der Waals surface area contributed by atoms with Gasteiger partial charge in [0.15, 0.2) is 5.69 Å². The first kappa shape index (κ1) is 22.2. The fraction of sp³-hybridized carbons (Fsp3) is 0.611. The van der Waals surface area contributed by atoms with Crippen LogP contribution in [0.5, 0.6) is 0 Å². The van der Waals surface area contributed by atoms with Gasteiger partial charge < -0.3 is 14.5 Å². The zero-order valence-electron chi connectivity index (χ0n) is 17.6. The second-order valence-corrected chi connectivity index (χ2v) is 9.29. The number of hydrogen-bond acceptors (Lipinski definition) is 8. The van der Waals surface area contributed by atoms with Crippen molar-refractivity contribution in [3.8, 4) is 0 Å². The Labute approximate surface area is 176 Å². The minimum absolute atomic E-state index is 0.0749. The van der Waals surface area contributed by atoms with Crippen LogP contribution in [-0.2, 0) is 14.9 Å². The molecule has 1 amide bonds. The second kappa shape index (κ2) is 9.14. The maximum absolute atomic E-state index is 12.5. The van der Waals surface area contributed by atoms with Crippen molar-refractivity contribution in [3.63, 3.8) is 0 Å². The van der Waals surface area contributed by atoms with E-state index in [1.165, 1.54) is 4.31 Å². The van der Waals surface area contributed by atoms with Crippen LogP contribution in [0.1, 0.15) is 62.3 Å². The first-order chi connectivity index (χ1) is 14.2. The van der Waals surface area contributed by atoms with E-state index in [0.717, 1.165) is 12.0 Å². The number of aromatic nitrogens is 3. The molecule has 3 rings (SSSR count). The van der Waals surface area contributed by atoms with E-state index in [-0.39, 0.29) is 43.4 Å². The molecule has 166 valence electrons. The highest BCUT2D eigenvalue weighted by Gasteiger charge is 2.27. The second-order valence-electron chi connectivity index (χ2n) is 7.62. The van der Waals surface area contributed by atoms with Gasteiger partial charge in [-0.3, -0.25) is 9.48 Å². The van der Waals surface area contributed by atoms with Crippen molar-refractivity contribution in [1.29, 1.82) is 0 Å². The maximum Gasteiger partial charge on any atom is 0.304 e. The number of oxazole rings is 1. The lowest BCUT2D eigenvalue weighted by Gasteiger charge is -2.18. The first-order valence-corrected chi connectivity index (χ1v) is 11.3. The maximum atomic E-state index is 12.5. The van der Waals surface area contributed by atoms with Gasteiger partial charge in [-0.2, -0.15) is 22.8 Å². The fourth-order valence-electron chi connectivity index (χ4n) is 2.94. The number of amides is 1. The molecule has 12 heteroatoms. The number of carbonyl (C=O) groups is 1. The van der Waals surface area contributed by atoms with Crippen molar-refractivity contribution in [2.45, 2.75) is 46.1 Å². The zero-order chi connectivity index (χ0) is 21.9. The van der Waals surface area contributed by atoms with E-state index in [4.69, 9.17) is 9.15 Å². The molecule has 1 saturated heterocycles. The number of rotatable bonds is 7. The molecule has 0 aromatic carbocycles. The van der Waals surface area contributed by atoms with Gasteiger partial charge in [-0.25, -0.2) is 4.72 Å². The number of anilines is 2. The molecule has 0 radical (unpaired) electrons. The van der Waals surface area contributed by atoms with Crippen LogP contribution in [0.3, 0.4) is 0 Å². The van der Waals surface area contributed by atoms with Crippen LogP contribution in [-0.4, -0.2) is 59.7 Å². The summed E-state index contributed by atoms with van der Waals surface area (Å²) in [4.78, 5) is 16.5. The quantitative estimate of drug-likeness (QED) is 0.668. The van der Waals surface area contributed by atoms with Gasteiger partial charge in [-0.15, -0.1) is 0 Å². The highest BCUT2D eigenvalue weighted by molar-refractivity contribution is 7.87. The van der Waals surface area contributed by atoms with Crippen LogP contribution in [0.15, 0.2) is 16.9 Å². The van der Waals surface area contributed by atoms with Crippen molar-refractivity contribution >= 4 is 27.8 Å². The molecule has 0 unspecified atom stereocenters. The number of ether oxygens (including phenoxy) is 1. The molecule has 1 aliphatic heterocycles. The normalized spacial score (nSPS) is 16.1. The molecule has 30 heavy (non-hydrogen) atoms. The molecule has 2 aromatic heterocycles. The third kappa shape index (κ3) is 5.18. The van der Waals surface area contributed by atoms with Crippen LogP contribution < -0.4 is 10.0 Å². The van der Waals surface area contributed by atoms with Crippen molar-refractivity contribution in [2.24, 2.45) is 0 Å². The first-order valence-electron chi connectivity index (χ1n) is 9.89. The van der Waals surface area contributed by atoms with Gasteiger partial charge in [-0.05, 0) is 26.2 Å². The van der Waals surface area contributed by atoms with Crippen molar-refractivity contribution in [1.82, 2.24) is 23.8 Å². The molecule has 1 aliphatic rings. The van der Waals surface area contributed by atoms with E-state index >= 15 is 0 Å². The Bertz CT molecular complexity index is 973. The Hall–Kier alpha value is -2.44. The van der Waals surface area contributed by atoms with Crippen LogP contribution in [0, 0.1) is 0 Å². The van der Waals surface area contributed by atoms with Gasteiger partial charge in [0.1, 0.15) is 6.26 Å². The molecule has 0 saturated carbocycles. The molecule has 0 aliphatic carbocycles. The summed E-state index contributed by atoms with van der Waals surface area (Å²) in [5.74, 6) is -0.702. The zero-order valence-corrected chi connectivity index (χ0v) is 18.4. The molecular formula is C18H28N6O5S. The predicted octanol–water partition coefficient (Wildman–Crippen LogP) is 2.02. The van der Waals surface area contributed by atoms with Crippen LogP contribution in [0.2, 0.25) is 0 Å². The minimum Gasteiger partial charge on any atom is -0.431 e. The number of nitrogens with one attached hydrogen (secondary N) is 2. The summed E-state index contributed by atoms with van der Waals surface area (Å²) in [5, 5.41) is 7.59. The summed E-state index contributed by atoms with van der Waals surface area (Å²) in [6.07, 6.45) is 3.52. The van der Waals surface area contributed by atoms with Gasteiger partial charge in [0.2, 0.25) is 0 Å². The Morgan fingerprint density at radius 2 is 1.97 bits per heavy atom. The van der Waals surface area contributed by atoms with Crippen LogP contribution in [0.4, 0.5) is 11.7 Å². The molecule has 2 aromatic rings. The Morgan fingerprint density at radius 3 is 2.67 bits per heavy atom. The summed E-state index contributed by atoms with van der Waals surface area (Å²) < 4.78 is 40.5. The summed E-state index contributed by atoms with van der Waals surface area (Å²) in [5.41, 5.74) is 1.40. The van der Waals surface area contributed by atoms with E-state index in [2.05, 4.69) is 15.4 Å². The predicted molar refractivity (Wildman–Crippen MR) is 110 cm³/mol. The Morgan fingerprint density at radius 1 is 1.20 bits per heavy atom. The van der Waals surface area contributed by atoms with E-state index in [0.29, 0.717) is 18.7 Å². The minimum atomic E-state index is -3.99. The van der Waals surface area contributed by atoms with E-state index in [9.17, 15) is 13.2 Å². The van der Waals surface area contributed by atoms with Crippen LogP contribution >= 0.6 is 0 Å². The molecule has 3 heterocycles. The Kier molecular flexibility index (Phi) is 6.78. The SMILES string of the molecule is CC(C)c1nn(C(C)C)cc1Nc1nc(C(=O)NS(=O)(=O)N2CCCOCC2)co1. The lowest BCUT2D eigenvalue weighted by molar-refractivity contribution is 0.0973. The Balaban J connectivity index is 1.71. The van der Waals surface area contributed by atoms with E-state index < -0.39 is 16.1 Å². The fourth-order valence-corrected chi connectivity index (χ4v) is 4.09. The smallest absolute Gasteiger partial charge is 0.304 e. The topological polar surface area (TPSA) is 132 Å². The third-order valence-electron chi connectivity index (χ3n) is 4.56. The molecular weight excluding hydrogens is 412 g/mol. The van der Waals surface area contributed by atoms with Gasteiger partial charge in [0, 0.05) is 31.9 Å². The van der Waals surface area contributed by atoms with Crippen LogP contribution in [0.25, 0.3) is 0 Å². The summed E-state index contributed by atoms with van der Waals surface area (Å²) in [6.45, 7) is 9.32. The lowest BCUT2D eigenvalue weighted by Crippen LogP contribution is -2.44. The van der Waals surface area contributed by atoms with Crippen molar-refractivity contribution in [2.75, 3.05) is 31.6 Å². The average molecular weight is 441 g/mol. The highest BCUT2D eigenvalue weighted by Crippen LogP contribution is 2.27. The molecule has 11 nitrogen and oxygen atoms in total. The van der Waals surface area contributed by atoms with Crippen molar-refractivity contribution in [3.05, 3.63) is 23.8 Å². The lowest BCUT2D eigenvalue weighted by atomic mass is 10.1.